The van der Waals surface area contributed by atoms with Crippen molar-refractivity contribution in [1.29, 1.82) is 0 Å². The molecule has 1 aromatic heterocycles. The number of para-hydroxylation sites is 1. The summed E-state index contributed by atoms with van der Waals surface area (Å²) in [5, 5.41) is 0. The van der Waals surface area contributed by atoms with Crippen molar-refractivity contribution in [1.82, 2.24) is 9.55 Å². The molecule has 0 fully saturated rings. The molecule has 1 atom stereocenters. The molecule has 0 saturated carbocycles. The van der Waals surface area contributed by atoms with Crippen LogP contribution in [0.3, 0.4) is 0 Å². The minimum Gasteiger partial charge on any atom is -0.496 e. The van der Waals surface area contributed by atoms with Crippen molar-refractivity contribution in [2.24, 2.45) is 5.73 Å². The van der Waals surface area contributed by atoms with Gasteiger partial charge in [-0.05, 0) is 6.07 Å². The van der Waals surface area contributed by atoms with E-state index in [-0.39, 0.29) is 6.04 Å². The number of hydrogen-bond donors (Lipinski definition) is 1. The van der Waals surface area contributed by atoms with E-state index >= 15 is 0 Å². The number of nitrogens with zero attached hydrogens (tertiary/aromatic N) is 2. The van der Waals surface area contributed by atoms with Gasteiger partial charge in [-0.1, -0.05) is 25.1 Å². The van der Waals surface area contributed by atoms with Gasteiger partial charge in [0.05, 0.1) is 13.2 Å². The van der Waals surface area contributed by atoms with Crippen LogP contribution in [-0.2, 0) is 13.0 Å². The second kappa shape index (κ2) is 5.69. The van der Waals surface area contributed by atoms with Crippen LogP contribution in [0.1, 0.15) is 24.4 Å². The molecule has 2 rings (SSSR count). The molecule has 0 aliphatic rings. The maximum atomic E-state index is 6.26. The number of nitrogens with two attached hydrogens (primary N) is 1. The van der Waals surface area contributed by atoms with Crippen LogP contribution < -0.4 is 10.5 Å². The predicted molar refractivity (Wildman–Crippen MR) is 71.5 cm³/mol. The number of hydrogen-bond acceptors (Lipinski definition) is 3. The minimum atomic E-state index is -0.0966. The molecule has 18 heavy (non-hydrogen) atoms. The highest BCUT2D eigenvalue weighted by Gasteiger charge is 2.13. The molecule has 0 saturated heterocycles. The number of benzene rings is 1. The SMILES string of the molecule is CCc1nccn1CC(N)c1ccccc1OC. The number of methoxy groups -OCH3 is 1. The van der Waals surface area contributed by atoms with Gasteiger partial charge in [0.2, 0.25) is 0 Å². The van der Waals surface area contributed by atoms with Crippen molar-refractivity contribution in [2.75, 3.05) is 7.11 Å². The summed E-state index contributed by atoms with van der Waals surface area (Å²) in [4.78, 5) is 4.30. The van der Waals surface area contributed by atoms with Crippen LogP contribution in [0.15, 0.2) is 36.7 Å². The molecule has 1 heterocycles. The first-order chi connectivity index (χ1) is 8.76. The number of ether oxygens (including phenoxy) is 1. The van der Waals surface area contributed by atoms with Crippen LogP contribution in [0.4, 0.5) is 0 Å². The number of imidazole rings is 1. The van der Waals surface area contributed by atoms with E-state index in [2.05, 4.69) is 16.5 Å². The molecule has 4 heteroatoms. The van der Waals surface area contributed by atoms with Gasteiger partial charge in [-0.25, -0.2) is 4.98 Å². The standard InChI is InChI=1S/C14H19N3O/c1-3-14-16-8-9-17(14)10-12(15)11-6-4-5-7-13(11)18-2/h4-9,12H,3,10,15H2,1-2H3. The Labute approximate surface area is 107 Å². The van der Waals surface area contributed by atoms with Gasteiger partial charge in [-0.2, -0.15) is 0 Å². The van der Waals surface area contributed by atoms with Gasteiger partial charge >= 0.3 is 0 Å². The maximum absolute atomic E-state index is 6.26. The molecule has 2 N–H and O–H groups in total. The summed E-state index contributed by atoms with van der Waals surface area (Å²) in [7, 11) is 1.67. The summed E-state index contributed by atoms with van der Waals surface area (Å²) in [6.45, 7) is 2.80. The Bertz CT molecular complexity index is 507. The van der Waals surface area contributed by atoms with Crippen LogP contribution in [0.5, 0.6) is 5.75 Å². The minimum absolute atomic E-state index is 0.0966. The molecule has 0 aliphatic carbocycles. The second-order valence-corrected chi connectivity index (χ2v) is 4.20. The fourth-order valence-electron chi connectivity index (χ4n) is 2.10. The third-order valence-electron chi connectivity index (χ3n) is 3.05. The van der Waals surface area contributed by atoms with Gasteiger partial charge in [0.25, 0.3) is 0 Å². The number of aryl methyl sites for hydroxylation is 1. The Morgan fingerprint density at radius 1 is 1.39 bits per heavy atom. The van der Waals surface area contributed by atoms with E-state index in [0.717, 1.165) is 23.6 Å². The first kappa shape index (κ1) is 12.6. The molecule has 2 aromatic rings. The predicted octanol–water partition coefficient (Wildman–Crippen LogP) is 2.15. The first-order valence-corrected chi connectivity index (χ1v) is 6.14. The van der Waals surface area contributed by atoms with Gasteiger partial charge in [-0.3, -0.25) is 0 Å². The lowest BCUT2D eigenvalue weighted by molar-refractivity contribution is 0.401. The van der Waals surface area contributed by atoms with E-state index in [1.54, 1.807) is 7.11 Å². The highest BCUT2D eigenvalue weighted by molar-refractivity contribution is 5.35. The van der Waals surface area contributed by atoms with Crippen molar-refractivity contribution in [3.8, 4) is 5.75 Å². The van der Waals surface area contributed by atoms with Crippen LogP contribution in [0.25, 0.3) is 0 Å². The molecule has 0 radical (unpaired) electrons. The van der Waals surface area contributed by atoms with E-state index < -0.39 is 0 Å². The van der Waals surface area contributed by atoms with E-state index in [1.165, 1.54) is 0 Å². The van der Waals surface area contributed by atoms with Gasteiger partial charge in [0.1, 0.15) is 11.6 Å². The van der Waals surface area contributed by atoms with E-state index in [9.17, 15) is 0 Å². The monoisotopic (exact) mass is 245 g/mol. The number of aromatic nitrogens is 2. The molecular formula is C14H19N3O. The number of rotatable bonds is 5. The second-order valence-electron chi connectivity index (χ2n) is 4.20. The van der Waals surface area contributed by atoms with Gasteiger partial charge in [0.15, 0.2) is 0 Å². The lowest BCUT2D eigenvalue weighted by atomic mass is 10.1. The maximum Gasteiger partial charge on any atom is 0.123 e. The normalized spacial score (nSPS) is 12.4. The Hall–Kier alpha value is -1.81. The zero-order valence-electron chi connectivity index (χ0n) is 10.8. The molecule has 96 valence electrons. The zero-order valence-corrected chi connectivity index (χ0v) is 10.8. The van der Waals surface area contributed by atoms with Crippen LogP contribution in [0.2, 0.25) is 0 Å². The average molecular weight is 245 g/mol. The zero-order chi connectivity index (χ0) is 13.0. The van der Waals surface area contributed by atoms with E-state index in [4.69, 9.17) is 10.5 Å². The van der Waals surface area contributed by atoms with Crippen molar-refractivity contribution < 1.29 is 4.74 Å². The third kappa shape index (κ3) is 2.54. The van der Waals surface area contributed by atoms with Crippen molar-refractivity contribution >= 4 is 0 Å². The van der Waals surface area contributed by atoms with Crippen LogP contribution in [-0.4, -0.2) is 16.7 Å². The van der Waals surface area contributed by atoms with Crippen molar-refractivity contribution in [2.45, 2.75) is 25.9 Å². The average Bonchev–Trinajstić information content (AvgIpc) is 2.85. The van der Waals surface area contributed by atoms with E-state index in [0.29, 0.717) is 6.54 Å². The molecule has 0 amide bonds. The Morgan fingerprint density at radius 2 is 2.17 bits per heavy atom. The molecule has 4 nitrogen and oxygen atoms in total. The lowest BCUT2D eigenvalue weighted by Gasteiger charge is -2.17. The van der Waals surface area contributed by atoms with Gasteiger partial charge in [-0.15, -0.1) is 0 Å². The Morgan fingerprint density at radius 3 is 2.89 bits per heavy atom. The van der Waals surface area contributed by atoms with E-state index in [1.807, 2.05) is 36.7 Å². The fraction of sp³-hybridized carbons (Fsp3) is 0.357. The first-order valence-electron chi connectivity index (χ1n) is 6.14. The molecular weight excluding hydrogens is 226 g/mol. The van der Waals surface area contributed by atoms with Gasteiger partial charge in [0, 0.05) is 30.9 Å². The molecule has 0 spiro atoms. The Kier molecular flexibility index (Phi) is 3.99. The van der Waals surface area contributed by atoms with Crippen molar-refractivity contribution in [3.63, 3.8) is 0 Å². The smallest absolute Gasteiger partial charge is 0.123 e. The summed E-state index contributed by atoms with van der Waals surface area (Å²) in [5.41, 5.74) is 7.28. The molecule has 0 bridgehead atoms. The quantitative estimate of drug-likeness (QED) is 0.878. The summed E-state index contributed by atoms with van der Waals surface area (Å²) in [5.74, 6) is 1.89. The fourth-order valence-corrected chi connectivity index (χ4v) is 2.10. The highest BCUT2D eigenvalue weighted by atomic mass is 16.5. The van der Waals surface area contributed by atoms with Crippen LogP contribution in [0, 0.1) is 0 Å². The topological polar surface area (TPSA) is 53.1 Å². The lowest BCUT2D eigenvalue weighted by Crippen LogP contribution is -2.19. The summed E-state index contributed by atoms with van der Waals surface area (Å²) in [6.07, 6.45) is 4.69. The largest absolute Gasteiger partial charge is 0.496 e. The van der Waals surface area contributed by atoms with Crippen LogP contribution >= 0.6 is 0 Å². The third-order valence-corrected chi connectivity index (χ3v) is 3.05. The molecule has 1 aromatic carbocycles. The summed E-state index contributed by atoms with van der Waals surface area (Å²) < 4.78 is 7.43. The summed E-state index contributed by atoms with van der Waals surface area (Å²) in [6, 6.07) is 7.77. The van der Waals surface area contributed by atoms with Gasteiger partial charge < -0.3 is 15.0 Å². The Balaban J connectivity index is 2.19. The molecule has 1 unspecified atom stereocenters. The summed E-state index contributed by atoms with van der Waals surface area (Å²) >= 11 is 0. The van der Waals surface area contributed by atoms with Crippen molar-refractivity contribution in [3.05, 3.63) is 48.0 Å². The molecule has 0 aliphatic heterocycles. The highest BCUT2D eigenvalue weighted by Crippen LogP contribution is 2.24.